The van der Waals surface area contributed by atoms with E-state index in [1.54, 1.807) is 46.9 Å². The first-order valence-corrected chi connectivity index (χ1v) is 13.7. The fraction of sp³-hybridized carbons (Fsp3) is 0. The van der Waals surface area contributed by atoms with Crippen molar-refractivity contribution in [1.82, 2.24) is 0 Å². The van der Waals surface area contributed by atoms with Gasteiger partial charge in [-0.1, -0.05) is 36.4 Å². The topological polar surface area (TPSA) is 61.2 Å². The second-order valence-corrected chi connectivity index (χ2v) is 11.5. The Hall–Kier alpha value is -3.70. The minimum atomic E-state index is -3.68. The van der Waals surface area contributed by atoms with Crippen LogP contribution in [0.5, 0.6) is 0 Å². The first kappa shape index (κ1) is 20.9. The van der Waals surface area contributed by atoms with E-state index in [2.05, 4.69) is 6.07 Å². The van der Waals surface area contributed by atoms with Crippen molar-refractivity contribution in [2.45, 2.75) is 9.79 Å². The molecule has 1 aliphatic heterocycles. The molecule has 34 heavy (non-hydrogen) atoms. The Morgan fingerprint density at radius 1 is 0.706 bits per heavy atom. The van der Waals surface area contributed by atoms with Gasteiger partial charge in [0.1, 0.15) is 0 Å². The number of nitriles is 1. The molecule has 7 heteroatoms. The predicted octanol–water partition coefficient (Wildman–Crippen LogP) is 7.63. The van der Waals surface area contributed by atoms with Crippen LogP contribution in [0, 0.1) is 11.3 Å². The molecule has 1 aliphatic rings. The Labute approximate surface area is 205 Å². The predicted molar refractivity (Wildman–Crippen MR) is 138 cm³/mol. The number of fused-ring (bicyclic) bond motifs is 2. The molecular formula is C27H16N2O2S3. The molecule has 0 saturated carbocycles. The van der Waals surface area contributed by atoms with E-state index in [1.165, 1.54) is 0 Å². The van der Waals surface area contributed by atoms with E-state index >= 15 is 0 Å². The molecule has 0 spiro atoms. The molecule has 0 saturated heterocycles. The maximum Gasteiger partial charge on any atom is 0.210 e. The van der Waals surface area contributed by atoms with Crippen molar-refractivity contribution in [3.8, 4) is 27.0 Å². The number of benzene rings is 3. The molecule has 0 bridgehead atoms. The van der Waals surface area contributed by atoms with Crippen LogP contribution in [0.3, 0.4) is 0 Å². The fourth-order valence-corrected chi connectivity index (χ4v) is 7.52. The Morgan fingerprint density at radius 3 is 1.65 bits per heavy atom. The highest BCUT2D eigenvalue weighted by molar-refractivity contribution is 7.92. The van der Waals surface area contributed by atoms with Crippen molar-refractivity contribution in [3.05, 3.63) is 101 Å². The molecule has 0 amide bonds. The third-order valence-corrected chi connectivity index (χ3v) is 9.48. The highest BCUT2D eigenvalue weighted by atomic mass is 32.2. The lowest BCUT2D eigenvalue weighted by Gasteiger charge is -2.35. The van der Waals surface area contributed by atoms with E-state index in [1.807, 2.05) is 76.3 Å². The van der Waals surface area contributed by atoms with Crippen LogP contribution in [-0.2, 0) is 9.84 Å². The lowest BCUT2D eigenvalue weighted by molar-refractivity contribution is 0.595. The molecular weight excluding hydrogens is 481 g/mol. The molecule has 164 valence electrons. The monoisotopic (exact) mass is 496 g/mol. The van der Waals surface area contributed by atoms with Crippen LogP contribution in [0.1, 0.15) is 5.56 Å². The number of hydrogen-bond donors (Lipinski definition) is 0. The summed E-state index contributed by atoms with van der Waals surface area (Å²) < 4.78 is 27.1. The van der Waals surface area contributed by atoms with Crippen molar-refractivity contribution >= 4 is 49.6 Å². The van der Waals surface area contributed by atoms with Crippen LogP contribution < -0.4 is 4.90 Å². The lowest BCUT2D eigenvalue weighted by Crippen LogP contribution is -2.23. The SMILES string of the molecule is N#Cc1cc(-c2cccs2)c(N2c3ccccc3S(=O)(=O)c3ccccc32)c(-c2cccs2)c1. The van der Waals surface area contributed by atoms with Gasteiger partial charge in [-0.05, 0) is 59.3 Å². The molecule has 0 N–H and O–H groups in total. The standard InChI is InChI=1S/C27H16N2O2S3/c28-17-18-15-19(23-9-5-13-32-23)27(20(16-18)24-10-6-14-33-24)29-21-7-1-3-11-25(21)34(30,31)26-12-4-2-8-22(26)29/h1-16H. The molecule has 0 aliphatic carbocycles. The Bertz CT molecular complexity index is 1570. The number of para-hydroxylation sites is 2. The van der Waals surface area contributed by atoms with Gasteiger partial charge in [-0.25, -0.2) is 8.42 Å². The largest absolute Gasteiger partial charge is 0.307 e. The molecule has 3 aromatic carbocycles. The fourth-order valence-electron chi connectivity index (χ4n) is 4.41. The van der Waals surface area contributed by atoms with Gasteiger partial charge in [0.15, 0.2) is 0 Å². The molecule has 0 atom stereocenters. The molecule has 0 radical (unpaired) electrons. The zero-order chi connectivity index (χ0) is 23.3. The number of nitrogens with zero attached hydrogens (tertiary/aromatic N) is 2. The zero-order valence-corrected chi connectivity index (χ0v) is 20.1. The van der Waals surface area contributed by atoms with Gasteiger partial charge >= 0.3 is 0 Å². The number of rotatable bonds is 3. The highest BCUT2D eigenvalue weighted by Crippen LogP contribution is 2.54. The first-order valence-electron chi connectivity index (χ1n) is 10.5. The smallest absolute Gasteiger partial charge is 0.210 e. The molecule has 2 aromatic heterocycles. The summed E-state index contributed by atoms with van der Waals surface area (Å²) in [5.74, 6) is 0. The van der Waals surface area contributed by atoms with Crippen LogP contribution in [0.2, 0.25) is 0 Å². The zero-order valence-electron chi connectivity index (χ0n) is 17.7. The summed E-state index contributed by atoms with van der Waals surface area (Å²) in [7, 11) is -3.68. The Kier molecular flexibility index (Phi) is 4.89. The van der Waals surface area contributed by atoms with Crippen LogP contribution in [-0.4, -0.2) is 8.42 Å². The number of thiophene rings is 2. The second kappa shape index (κ2) is 7.96. The van der Waals surface area contributed by atoms with Gasteiger partial charge in [-0.3, -0.25) is 0 Å². The van der Waals surface area contributed by atoms with Gasteiger partial charge in [0.05, 0.1) is 38.5 Å². The number of anilines is 3. The van der Waals surface area contributed by atoms with Crippen molar-refractivity contribution in [1.29, 1.82) is 5.26 Å². The van der Waals surface area contributed by atoms with Gasteiger partial charge in [0.25, 0.3) is 0 Å². The van der Waals surface area contributed by atoms with E-state index in [0.29, 0.717) is 16.9 Å². The van der Waals surface area contributed by atoms with Gasteiger partial charge in [-0.2, -0.15) is 5.26 Å². The molecule has 0 fully saturated rings. The van der Waals surface area contributed by atoms with Crippen LogP contribution in [0.25, 0.3) is 20.9 Å². The van der Waals surface area contributed by atoms with E-state index in [9.17, 15) is 13.7 Å². The maximum atomic E-state index is 13.5. The van der Waals surface area contributed by atoms with E-state index in [0.717, 1.165) is 26.6 Å². The average Bonchev–Trinajstić information content (AvgIpc) is 3.59. The van der Waals surface area contributed by atoms with Crippen LogP contribution in [0.15, 0.2) is 105 Å². The van der Waals surface area contributed by atoms with Crippen LogP contribution >= 0.6 is 22.7 Å². The summed E-state index contributed by atoms with van der Waals surface area (Å²) in [6, 6.07) is 28.3. The number of hydrogen-bond acceptors (Lipinski definition) is 6. The summed E-state index contributed by atoms with van der Waals surface area (Å²) in [6.07, 6.45) is 0. The quantitative estimate of drug-likeness (QED) is 0.253. The molecule has 3 heterocycles. The Morgan fingerprint density at radius 2 is 1.21 bits per heavy atom. The lowest BCUT2D eigenvalue weighted by atomic mass is 9.98. The van der Waals surface area contributed by atoms with Gasteiger partial charge in [0.2, 0.25) is 9.84 Å². The highest BCUT2D eigenvalue weighted by Gasteiger charge is 2.36. The minimum absolute atomic E-state index is 0.271. The summed E-state index contributed by atoms with van der Waals surface area (Å²) in [5, 5.41) is 13.8. The normalized spacial score (nSPS) is 13.7. The van der Waals surface area contributed by atoms with Crippen molar-refractivity contribution in [3.63, 3.8) is 0 Å². The van der Waals surface area contributed by atoms with Crippen molar-refractivity contribution in [2.24, 2.45) is 0 Å². The van der Waals surface area contributed by atoms with E-state index < -0.39 is 9.84 Å². The summed E-state index contributed by atoms with van der Waals surface area (Å²) in [6.45, 7) is 0. The molecule has 4 nitrogen and oxygen atoms in total. The second-order valence-electron chi connectivity index (χ2n) is 7.76. The minimum Gasteiger partial charge on any atom is -0.307 e. The van der Waals surface area contributed by atoms with Crippen LogP contribution in [0.4, 0.5) is 17.1 Å². The van der Waals surface area contributed by atoms with E-state index in [4.69, 9.17) is 0 Å². The van der Waals surface area contributed by atoms with Crippen molar-refractivity contribution < 1.29 is 8.42 Å². The molecule has 5 aromatic rings. The first-order chi connectivity index (χ1) is 16.6. The van der Waals surface area contributed by atoms with E-state index in [-0.39, 0.29) is 9.79 Å². The van der Waals surface area contributed by atoms with Gasteiger partial charge in [-0.15, -0.1) is 22.7 Å². The van der Waals surface area contributed by atoms with Gasteiger partial charge in [0, 0.05) is 20.9 Å². The summed E-state index contributed by atoms with van der Waals surface area (Å²) in [5.41, 5.74) is 4.39. The maximum absolute atomic E-state index is 13.5. The third kappa shape index (κ3) is 3.11. The summed E-state index contributed by atoms with van der Waals surface area (Å²) >= 11 is 3.18. The van der Waals surface area contributed by atoms with Crippen molar-refractivity contribution in [2.75, 3.05) is 4.90 Å². The average molecular weight is 497 g/mol. The molecule has 6 rings (SSSR count). The Balaban J connectivity index is 1.78. The number of sulfone groups is 1. The summed E-state index contributed by atoms with van der Waals surface area (Å²) in [4.78, 5) is 4.60. The third-order valence-electron chi connectivity index (χ3n) is 5.83. The van der Waals surface area contributed by atoms with Gasteiger partial charge < -0.3 is 4.90 Å². The molecule has 0 unspecified atom stereocenters.